The van der Waals surface area contributed by atoms with Crippen LogP contribution in [0.5, 0.6) is 0 Å². The van der Waals surface area contributed by atoms with Gasteiger partial charge in [-0.05, 0) is 33.7 Å². The maximum atomic E-state index is 11.6. The molecule has 0 spiro atoms. The Hall–Kier alpha value is -0.170. The molecule has 0 aliphatic rings. The first-order valence-electron chi connectivity index (χ1n) is 5.12. The van der Waals surface area contributed by atoms with E-state index >= 15 is 0 Å². The van der Waals surface area contributed by atoms with Crippen LogP contribution in [0.4, 0.5) is 0 Å². The van der Waals surface area contributed by atoms with Gasteiger partial charge in [0, 0.05) is 12.1 Å². The second-order valence-electron chi connectivity index (χ2n) is 4.04. The Kier molecular flexibility index (Phi) is 6.35. The zero-order valence-corrected chi connectivity index (χ0v) is 10.6. The molecule has 0 amide bonds. The van der Waals surface area contributed by atoms with Gasteiger partial charge in [0.1, 0.15) is 0 Å². The number of nitrogens with two attached hydrogens (primary N) is 1. The smallest absolute Gasteiger partial charge is 0.214 e. The standard InChI is InChI=1S/C9H22N2O3S/c1-4-14-7-8-15(12,13)11-9(2,3)5-6-10/h11H,4-8,10H2,1-3H3. The SMILES string of the molecule is CCOCCS(=O)(=O)NC(C)(C)CCN. The molecule has 0 aromatic rings. The Balaban J connectivity index is 4.13. The minimum atomic E-state index is -3.26. The Morgan fingerprint density at radius 2 is 2.00 bits per heavy atom. The van der Waals surface area contributed by atoms with E-state index < -0.39 is 15.6 Å². The van der Waals surface area contributed by atoms with E-state index in [-0.39, 0.29) is 12.4 Å². The van der Waals surface area contributed by atoms with Crippen LogP contribution in [0.1, 0.15) is 27.2 Å². The normalized spacial score (nSPS) is 13.1. The Bertz CT molecular complexity index is 263. The van der Waals surface area contributed by atoms with Crippen molar-refractivity contribution in [3.63, 3.8) is 0 Å². The topological polar surface area (TPSA) is 81.4 Å². The highest BCUT2D eigenvalue weighted by atomic mass is 32.2. The maximum Gasteiger partial charge on any atom is 0.214 e. The van der Waals surface area contributed by atoms with Gasteiger partial charge in [-0.15, -0.1) is 0 Å². The van der Waals surface area contributed by atoms with Crippen LogP contribution in [-0.4, -0.2) is 39.5 Å². The quantitative estimate of drug-likeness (QED) is 0.586. The second-order valence-corrected chi connectivity index (χ2v) is 5.88. The Morgan fingerprint density at radius 1 is 1.40 bits per heavy atom. The van der Waals surface area contributed by atoms with Crippen molar-refractivity contribution in [1.82, 2.24) is 4.72 Å². The molecule has 0 radical (unpaired) electrons. The Labute approximate surface area is 92.4 Å². The summed E-state index contributed by atoms with van der Waals surface area (Å²) in [6, 6.07) is 0. The third kappa shape index (κ3) is 7.72. The van der Waals surface area contributed by atoms with Crippen LogP contribution in [0.15, 0.2) is 0 Å². The van der Waals surface area contributed by atoms with E-state index in [2.05, 4.69) is 4.72 Å². The number of ether oxygens (including phenoxy) is 1. The molecule has 0 saturated carbocycles. The van der Waals surface area contributed by atoms with Crippen molar-refractivity contribution < 1.29 is 13.2 Å². The average molecular weight is 238 g/mol. The lowest BCUT2D eigenvalue weighted by atomic mass is 10.0. The van der Waals surface area contributed by atoms with Crippen LogP contribution in [-0.2, 0) is 14.8 Å². The predicted octanol–water partition coefficient (Wildman–Crippen LogP) is 0.0697. The number of hydrogen-bond acceptors (Lipinski definition) is 4. The Morgan fingerprint density at radius 3 is 2.47 bits per heavy atom. The van der Waals surface area contributed by atoms with Crippen LogP contribution in [0, 0.1) is 0 Å². The van der Waals surface area contributed by atoms with E-state index in [1.165, 1.54) is 0 Å². The second kappa shape index (κ2) is 6.42. The highest BCUT2D eigenvalue weighted by Crippen LogP contribution is 2.08. The van der Waals surface area contributed by atoms with Crippen LogP contribution in [0.2, 0.25) is 0 Å². The molecule has 0 aliphatic carbocycles. The number of hydrogen-bond donors (Lipinski definition) is 2. The van der Waals surface area contributed by atoms with Gasteiger partial charge in [0.2, 0.25) is 10.0 Å². The van der Waals surface area contributed by atoms with Crippen molar-refractivity contribution in [2.24, 2.45) is 5.73 Å². The summed E-state index contributed by atoms with van der Waals surface area (Å²) in [5.41, 5.74) is 4.91. The number of nitrogens with one attached hydrogen (secondary N) is 1. The van der Waals surface area contributed by atoms with Crippen LogP contribution in [0.25, 0.3) is 0 Å². The van der Waals surface area contributed by atoms with Crippen molar-refractivity contribution >= 4 is 10.0 Å². The first-order valence-corrected chi connectivity index (χ1v) is 6.77. The van der Waals surface area contributed by atoms with Gasteiger partial charge < -0.3 is 10.5 Å². The summed E-state index contributed by atoms with van der Waals surface area (Å²) in [7, 11) is -3.26. The van der Waals surface area contributed by atoms with Gasteiger partial charge in [-0.3, -0.25) is 0 Å². The van der Waals surface area contributed by atoms with Gasteiger partial charge in [-0.25, -0.2) is 13.1 Å². The van der Waals surface area contributed by atoms with Crippen molar-refractivity contribution in [3.05, 3.63) is 0 Å². The fourth-order valence-electron chi connectivity index (χ4n) is 1.20. The number of rotatable bonds is 8. The fourth-order valence-corrected chi connectivity index (χ4v) is 2.58. The van der Waals surface area contributed by atoms with Gasteiger partial charge in [0.15, 0.2) is 0 Å². The van der Waals surface area contributed by atoms with Crippen molar-refractivity contribution in [2.45, 2.75) is 32.7 Å². The molecule has 0 bridgehead atoms. The summed E-state index contributed by atoms with van der Waals surface area (Å²) in [5, 5.41) is 0. The number of sulfonamides is 1. The van der Waals surface area contributed by atoms with Gasteiger partial charge >= 0.3 is 0 Å². The van der Waals surface area contributed by atoms with Crippen molar-refractivity contribution in [3.8, 4) is 0 Å². The maximum absolute atomic E-state index is 11.6. The molecule has 0 aromatic carbocycles. The van der Waals surface area contributed by atoms with Gasteiger partial charge in [0.05, 0.1) is 12.4 Å². The van der Waals surface area contributed by atoms with Gasteiger partial charge in [0.25, 0.3) is 0 Å². The molecule has 0 aliphatic heterocycles. The summed E-state index contributed by atoms with van der Waals surface area (Å²) < 4.78 is 30.7. The van der Waals surface area contributed by atoms with Gasteiger partial charge in [-0.1, -0.05) is 0 Å². The van der Waals surface area contributed by atoms with E-state index in [1.54, 1.807) is 0 Å². The molecule has 5 nitrogen and oxygen atoms in total. The van der Waals surface area contributed by atoms with E-state index in [1.807, 2.05) is 20.8 Å². The molecule has 0 saturated heterocycles. The van der Waals surface area contributed by atoms with Gasteiger partial charge in [-0.2, -0.15) is 0 Å². The molecular weight excluding hydrogens is 216 g/mol. The molecule has 15 heavy (non-hydrogen) atoms. The summed E-state index contributed by atoms with van der Waals surface area (Å²) in [4.78, 5) is 0. The molecular formula is C9H22N2O3S. The van der Waals surface area contributed by atoms with E-state index in [0.717, 1.165) is 0 Å². The molecule has 0 rings (SSSR count). The molecule has 0 aromatic heterocycles. The lowest BCUT2D eigenvalue weighted by Crippen LogP contribution is -2.46. The molecule has 3 N–H and O–H groups in total. The largest absolute Gasteiger partial charge is 0.381 e. The first-order chi connectivity index (χ1) is 6.83. The minimum Gasteiger partial charge on any atom is -0.381 e. The monoisotopic (exact) mass is 238 g/mol. The third-order valence-electron chi connectivity index (χ3n) is 1.90. The third-order valence-corrected chi connectivity index (χ3v) is 3.47. The van der Waals surface area contributed by atoms with E-state index in [9.17, 15) is 8.42 Å². The molecule has 92 valence electrons. The predicted molar refractivity (Wildman–Crippen MR) is 61.2 cm³/mol. The molecule has 0 heterocycles. The fraction of sp³-hybridized carbons (Fsp3) is 1.00. The summed E-state index contributed by atoms with van der Waals surface area (Å²) in [5.74, 6) is -0.00512. The zero-order valence-electron chi connectivity index (χ0n) is 9.75. The summed E-state index contributed by atoms with van der Waals surface area (Å²) in [6.07, 6.45) is 0.612. The van der Waals surface area contributed by atoms with E-state index in [0.29, 0.717) is 19.6 Å². The first kappa shape index (κ1) is 14.8. The van der Waals surface area contributed by atoms with Crippen LogP contribution < -0.4 is 10.5 Å². The average Bonchev–Trinajstić information content (AvgIpc) is 2.01. The molecule has 6 heteroatoms. The summed E-state index contributed by atoms with van der Waals surface area (Å²) >= 11 is 0. The van der Waals surface area contributed by atoms with Crippen LogP contribution >= 0.6 is 0 Å². The van der Waals surface area contributed by atoms with Crippen molar-refractivity contribution in [2.75, 3.05) is 25.5 Å². The highest BCUT2D eigenvalue weighted by Gasteiger charge is 2.23. The van der Waals surface area contributed by atoms with E-state index in [4.69, 9.17) is 10.5 Å². The lowest BCUT2D eigenvalue weighted by Gasteiger charge is -2.25. The lowest BCUT2D eigenvalue weighted by molar-refractivity contribution is 0.163. The highest BCUT2D eigenvalue weighted by molar-refractivity contribution is 7.89. The zero-order chi connectivity index (χ0) is 11.9. The summed E-state index contributed by atoms with van der Waals surface area (Å²) in [6.45, 7) is 6.68. The van der Waals surface area contributed by atoms with Crippen molar-refractivity contribution in [1.29, 1.82) is 0 Å². The van der Waals surface area contributed by atoms with Crippen LogP contribution in [0.3, 0.4) is 0 Å². The molecule has 0 unspecified atom stereocenters. The molecule has 0 atom stereocenters. The minimum absolute atomic E-state index is 0.00512. The molecule has 0 fully saturated rings.